The first kappa shape index (κ1) is 13.8. The molecule has 0 heterocycles. The van der Waals surface area contributed by atoms with Crippen LogP contribution in [0.3, 0.4) is 0 Å². The SMILES string of the molecule is Cc1cc(C)c(C([O-])=PC2CCCC2)c(C)c1C. The number of aryl methyl sites for hydroxylation is 2. The second kappa shape index (κ2) is 5.55. The molecule has 1 nitrogen and oxygen atoms in total. The topological polar surface area (TPSA) is 23.1 Å². The van der Waals surface area contributed by atoms with E-state index in [0.29, 0.717) is 11.1 Å². The van der Waals surface area contributed by atoms with Crippen LogP contribution in [-0.4, -0.2) is 11.1 Å². The van der Waals surface area contributed by atoms with Crippen LogP contribution < -0.4 is 5.11 Å². The molecule has 2 rings (SSSR count). The van der Waals surface area contributed by atoms with Crippen LogP contribution in [0.1, 0.15) is 53.5 Å². The highest BCUT2D eigenvalue weighted by molar-refractivity contribution is 7.41. The summed E-state index contributed by atoms with van der Waals surface area (Å²) in [5, 5.41) is 12.5. The Morgan fingerprint density at radius 2 is 1.67 bits per heavy atom. The summed E-state index contributed by atoms with van der Waals surface area (Å²) in [6, 6.07) is 2.15. The van der Waals surface area contributed by atoms with Crippen molar-refractivity contribution in [3.05, 3.63) is 33.9 Å². The molecule has 0 spiro atoms. The van der Waals surface area contributed by atoms with Crippen LogP contribution in [0, 0.1) is 27.7 Å². The maximum absolute atomic E-state index is 12.5. The third-order valence-electron chi connectivity index (χ3n) is 4.19. The molecule has 1 aromatic rings. The van der Waals surface area contributed by atoms with Gasteiger partial charge in [-0.15, -0.1) is 13.7 Å². The summed E-state index contributed by atoms with van der Waals surface area (Å²) in [5.41, 5.74) is 6.81. The van der Waals surface area contributed by atoms with E-state index < -0.39 is 0 Å². The van der Waals surface area contributed by atoms with Crippen molar-refractivity contribution in [1.29, 1.82) is 0 Å². The zero-order chi connectivity index (χ0) is 13.3. The van der Waals surface area contributed by atoms with E-state index in [9.17, 15) is 5.11 Å². The van der Waals surface area contributed by atoms with Crippen LogP contribution in [0.15, 0.2) is 6.07 Å². The van der Waals surface area contributed by atoms with Crippen molar-refractivity contribution in [3.63, 3.8) is 0 Å². The predicted octanol–water partition coefficient (Wildman–Crippen LogP) is 3.65. The quantitative estimate of drug-likeness (QED) is 0.745. The maximum atomic E-state index is 12.5. The van der Waals surface area contributed by atoms with Gasteiger partial charge < -0.3 is 5.11 Å². The van der Waals surface area contributed by atoms with Gasteiger partial charge in [0.25, 0.3) is 0 Å². The summed E-state index contributed by atoms with van der Waals surface area (Å²) in [7, 11) is 1.02. The van der Waals surface area contributed by atoms with Crippen molar-refractivity contribution in [2.75, 3.05) is 0 Å². The fraction of sp³-hybridized carbons (Fsp3) is 0.562. The summed E-state index contributed by atoms with van der Waals surface area (Å²) in [4.78, 5) is 0. The predicted molar refractivity (Wildman–Crippen MR) is 78.7 cm³/mol. The zero-order valence-corrected chi connectivity index (χ0v) is 12.7. The Labute approximate surface area is 112 Å². The minimum absolute atomic E-state index is 0.333. The molecule has 98 valence electrons. The smallest absolute Gasteiger partial charge is 0.0000723 e. The Morgan fingerprint density at radius 3 is 2.28 bits per heavy atom. The largest absolute Gasteiger partial charge is 0.824 e. The van der Waals surface area contributed by atoms with Crippen molar-refractivity contribution < 1.29 is 5.11 Å². The molecule has 0 amide bonds. The highest BCUT2D eigenvalue weighted by atomic mass is 31.1. The highest BCUT2D eigenvalue weighted by Crippen LogP contribution is 2.31. The Morgan fingerprint density at radius 1 is 1.06 bits per heavy atom. The minimum atomic E-state index is 0.333. The average Bonchev–Trinajstić information content (AvgIpc) is 2.78. The van der Waals surface area contributed by atoms with Crippen molar-refractivity contribution in [2.24, 2.45) is 0 Å². The van der Waals surface area contributed by atoms with Crippen LogP contribution in [-0.2, 0) is 0 Å². The molecule has 1 aliphatic carbocycles. The van der Waals surface area contributed by atoms with Gasteiger partial charge in [0.05, 0.1) is 0 Å². The molecule has 18 heavy (non-hydrogen) atoms. The Balaban J connectivity index is 2.41. The molecule has 0 aromatic heterocycles. The summed E-state index contributed by atoms with van der Waals surface area (Å²) in [5.74, 6) is 0. The molecule has 1 aliphatic rings. The number of hydrogen-bond acceptors (Lipinski definition) is 1. The van der Waals surface area contributed by atoms with Crippen LogP contribution in [0.5, 0.6) is 0 Å². The Kier molecular flexibility index (Phi) is 4.25. The van der Waals surface area contributed by atoms with Gasteiger partial charge in [-0.1, -0.05) is 18.9 Å². The van der Waals surface area contributed by atoms with E-state index in [1.807, 2.05) is 0 Å². The molecule has 1 fully saturated rings. The monoisotopic (exact) mass is 261 g/mol. The lowest BCUT2D eigenvalue weighted by molar-refractivity contribution is -0.207. The first-order valence-electron chi connectivity index (χ1n) is 6.83. The average molecular weight is 261 g/mol. The summed E-state index contributed by atoms with van der Waals surface area (Å²) >= 11 is 0. The molecule has 0 N–H and O–H groups in total. The van der Waals surface area contributed by atoms with Crippen molar-refractivity contribution in [2.45, 2.75) is 59.0 Å². The van der Waals surface area contributed by atoms with Gasteiger partial charge in [-0.2, -0.15) is 0 Å². The van der Waals surface area contributed by atoms with Crippen molar-refractivity contribution in [1.82, 2.24) is 0 Å². The summed E-state index contributed by atoms with van der Waals surface area (Å²) in [6.07, 6.45) is 5.07. The Hall–Kier alpha value is -0.650. The lowest BCUT2D eigenvalue weighted by atomic mass is 9.95. The normalized spacial score (nSPS) is 17.5. The van der Waals surface area contributed by atoms with Gasteiger partial charge >= 0.3 is 0 Å². The zero-order valence-electron chi connectivity index (χ0n) is 11.8. The number of rotatable bonds is 2. The molecule has 0 aliphatic heterocycles. The van der Waals surface area contributed by atoms with Gasteiger partial charge in [0.2, 0.25) is 0 Å². The summed E-state index contributed by atoms with van der Waals surface area (Å²) in [6.45, 7) is 8.40. The van der Waals surface area contributed by atoms with Crippen LogP contribution in [0.4, 0.5) is 0 Å². The molecular formula is C16H22OP-. The van der Waals surface area contributed by atoms with E-state index >= 15 is 0 Å². The van der Waals surface area contributed by atoms with Gasteiger partial charge in [0, 0.05) is 0 Å². The first-order chi connectivity index (χ1) is 8.50. The van der Waals surface area contributed by atoms with Crippen molar-refractivity contribution in [3.8, 4) is 0 Å². The molecule has 2 heteroatoms. The van der Waals surface area contributed by atoms with Crippen LogP contribution in [0.25, 0.3) is 0 Å². The molecule has 0 bridgehead atoms. The van der Waals surface area contributed by atoms with E-state index in [1.54, 1.807) is 0 Å². The Bertz CT molecular complexity index is 482. The summed E-state index contributed by atoms with van der Waals surface area (Å²) < 4.78 is 0. The van der Waals surface area contributed by atoms with E-state index in [2.05, 4.69) is 33.8 Å². The van der Waals surface area contributed by atoms with Crippen LogP contribution >= 0.6 is 8.20 Å². The molecular weight excluding hydrogens is 239 g/mol. The molecule has 0 radical (unpaired) electrons. The minimum Gasteiger partial charge on any atom is -0.824 e. The molecule has 0 unspecified atom stereocenters. The van der Waals surface area contributed by atoms with Crippen LogP contribution in [0.2, 0.25) is 0 Å². The lowest BCUT2D eigenvalue weighted by Crippen LogP contribution is -2.21. The number of benzene rings is 1. The van der Waals surface area contributed by atoms with Gasteiger partial charge in [0.15, 0.2) is 0 Å². The number of hydrogen-bond donors (Lipinski definition) is 0. The fourth-order valence-electron chi connectivity index (χ4n) is 2.88. The van der Waals surface area contributed by atoms with E-state index in [-0.39, 0.29) is 0 Å². The fourth-order valence-corrected chi connectivity index (χ4v) is 4.31. The molecule has 0 atom stereocenters. The maximum Gasteiger partial charge on any atom is -0.0000723 e. The van der Waals surface area contributed by atoms with E-state index in [4.69, 9.17) is 0 Å². The molecule has 1 aromatic carbocycles. The van der Waals surface area contributed by atoms with Gasteiger partial charge in [0.1, 0.15) is 0 Å². The van der Waals surface area contributed by atoms with E-state index in [0.717, 1.165) is 19.3 Å². The molecule has 1 saturated carbocycles. The lowest BCUT2D eigenvalue weighted by Gasteiger charge is -2.22. The second-order valence-corrected chi connectivity index (χ2v) is 6.90. The van der Waals surface area contributed by atoms with Gasteiger partial charge in [-0.3, -0.25) is 0 Å². The highest BCUT2D eigenvalue weighted by Gasteiger charge is 2.14. The second-order valence-electron chi connectivity index (χ2n) is 5.51. The molecule has 0 saturated heterocycles. The van der Waals surface area contributed by atoms with Crippen molar-refractivity contribution >= 4 is 13.7 Å². The van der Waals surface area contributed by atoms with Gasteiger partial charge in [-0.05, 0) is 74.0 Å². The standard InChI is InChI=1S/C16H23OP/c1-10-9-11(2)15(13(4)12(10)3)16(17)18-14-7-5-6-8-14/h9,14,17H,5-8H2,1-4H3/p-1. The van der Waals surface area contributed by atoms with Gasteiger partial charge in [-0.25, -0.2) is 0 Å². The van der Waals surface area contributed by atoms with E-state index in [1.165, 1.54) is 42.4 Å². The third kappa shape index (κ3) is 2.68. The first-order valence-corrected chi connectivity index (χ1v) is 7.79. The third-order valence-corrected chi connectivity index (χ3v) is 5.53.